The van der Waals surface area contributed by atoms with Gasteiger partial charge in [-0.15, -0.1) is 0 Å². The number of hydrogen-bond donors (Lipinski definition) is 1. The van der Waals surface area contributed by atoms with Crippen molar-refractivity contribution < 1.29 is 4.74 Å². The first-order valence-corrected chi connectivity index (χ1v) is 6.98. The molecular formula is C16H19ClN2O. The first-order valence-electron chi connectivity index (χ1n) is 6.61. The number of hydrogen-bond acceptors (Lipinski definition) is 3. The molecule has 1 heterocycles. The number of halogens is 1. The molecule has 1 aromatic carbocycles. The Balaban J connectivity index is 2.09. The fourth-order valence-electron chi connectivity index (χ4n) is 1.95. The molecule has 2 aromatic rings. The summed E-state index contributed by atoms with van der Waals surface area (Å²) < 4.78 is 5.84. The van der Waals surface area contributed by atoms with E-state index >= 15 is 0 Å². The van der Waals surface area contributed by atoms with E-state index in [4.69, 9.17) is 16.3 Å². The Hall–Kier alpha value is -1.58. The van der Waals surface area contributed by atoms with Crippen molar-refractivity contribution in [2.75, 3.05) is 7.05 Å². The van der Waals surface area contributed by atoms with Crippen molar-refractivity contribution in [3.63, 3.8) is 0 Å². The van der Waals surface area contributed by atoms with Crippen LogP contribution < -0.4 is 10.1 Å². The highest BCUT2D eigenvalue weighted by Gasteiger charge is 2.07. The number of benzene rings is 1. The van der Waals surface area contributed by atoms with Gasteiger partial charge in [0.25, 0.3) is 0 Å². The van der Waals surface area contributed by atoms with E-state index in [2.05, 4.69) is 36.3 Å². The lowest BCUT2D eigenvalue weighted by atomic mass is 10.1. The van der Waals surface area contributed by atoms with Gasteiger partial charge in [-0.1, -0.05) is 23.7 Å². The zero-order chi connectivity index (χ0) is 14.5. The van der Waals surface area contributed by atoms with Gasteiger partial charge in [0.05, 0.1) is 5.02 Å². The lowest BCUT2D eigenvalue weighted by Gasteiger charge is -2.14. The monoisotopic (exact) mass is 290 g/mol. The maximum atomic E-state index is 6.07. The zero-order valence-electron chi connectivity index (χ0n) is 12.0. The largest absolute Gasteiger partial charge is 0.489 e. The van der Waals surface area contributed by atoms with Crippen molar-refractivity contribution in [1.29, 1.82) is 0 Å². The van der Waals surface area contributed by atoms with Crippen LogP contribution in [-0.2, 0) is 6.61 Å². The normalized spacial score (nSPS) is 12.2. The molecule has 106 valence electrons. The van der Waals surface area contributed by atoms with E-state index in [1.165, 1.54) is 5.56 Å². The molecule has 0 spiro atoms. The van der Waals surface area contributed by atoms with Gasteiger partial charge in [0.15, 0.2) is 0 Å². The summed E-state index contributed by atoms with van der Waals surface area (Å²) in [5, 5.41) is 3.86. The number of nitrogens with zero attached hydrogens (tertiary/aromatic N) is 1. The van der Waals surface area contributed by atoms with E-state index in [0.717, 1.165) is 16.9 Å². The third-order valence-corrected chi connectivity index (χ3v) is 3.71. The molecular weight excluding hydrogens is 272 g/mol. The SMILES string of the molecule is CNC(C)c1ccc(OCc2ccncc2Cl)c(C)c1. The molecule has 1 atom stereocenters. The molecule has 0 aliphatic rings. The van der Waals surface area contributed by atoms with Crippen LogP contribution in [0.1, 0.15) is 29.7 Å². The lowest BCUT2D eigenvalue weighted by Crippen LogP contribution is -2.12. The highest BCUT2D eigenvalue weighted by Crippen LogP contribution is 2.24. The molecule has 20 heavy (non-hydrogen) atoms. The second-order valence-electron chi connectivity index (χ2n) is 4.79. The maximum absolute atomic E-state index is 6.07. The van der Waals surface area contributed by atoms with E-state index in [1.807, 2.05) is 19.2 Å². The van der Waals surface area contributed by atoms with Crippen molar-refractivity contribution in [1.82, 2.24) is 10.3 Å². The van der Waals surface area contributed by atoms with Crippen molar-refractivity contribution in [3.05, 3.63) is 58.4 Å². The summed E-state index contributed by atoms with van der Waals surface area (Å²) in [6.07, 6.45) is 3.35. The topological polar surface area (TPSA) is 34.1 Å². The van der Waals surface area contributed by atoms with E-state index in [-0.39, 0.29) is 0 Å². The summed E-state index contributed by atoms with van der Waals surface area (Å²) in [6.45, 7) is 4.63. The second kappa shape index (κ2) is 6.73. The van der Waals surface area contributed by atoms with Crippen molar-refractivity contribution in [2.45, 2.75) is 26.5 Å². The number of ether oxygens (including phenoxy) is 1. The molecule has 0 fully saturated rings. The second-order valence-corrected chi connectivity index (χ2v) is 5.20. The van der Waals surface area contributed by atoms with E-state index < -0.39 is 0 Å². The van der Waals surface area contributed by atoms with Crippen LogP contribution in [0, 0.1) is 6.92 Å². The molecule has 1 N–H and O–H groups in total. The van der Waals surface area contributed by atoms with E-state index in [1.54, 1.807) is 12.4 Å². The fourth-order valence-corrected chi connectivity index (χ4v) is 2.12. The van der Waals surface area contributed by atoms with E-state index in [0.29, 0.717) is 17.7 Å². The maximum Gasteiger partial charge on any atom is 0.122 e. The minimum absolute atomic E-state index is 0.331. The van der Waals surface area contributed by atoms with E-state index in [9.17, 15) is 0 Å². The molecule has 0 radical (unpaired) electrons. The third-order valence-electron chi connectivity index (χ3n) is 3.37. The highest BCUT2D eigenvalue weighted by atomic mass is 35.5. The molecule has 3 nitrogen and oxygen atoms in total. The lowest BCUT2D eigenvalue weighted by molar-refractivity contribution is 0.304. The Bertz CT molecular complexity index is 586. The van der Waals surface area contributed by atoms with Gasteiger partial charge in [0.1, 0.15) is 12.4 Å². The molecule has 0 aliphatic carbocycles. The van der Waals surface area contributed by atoms with Gasteiger partial charge in [-0.05, 0) is 44.2 Å². The molecule has 0 amide bonds. The van der Waals surface area contributed by atoms with Crippen molar-refractivity contribution >= 4 is 11.6 Å². The van der Waals surface area contributed by atoms with Crippen LogP contribution in [0.2, 0.25) is 5.02 Å². The molecule has 1 unspecified atom stereocenters. The van der Waals surface area contributed by atoms with Crippen LogP contribution in [-0.4, -0.2) is 12.0 Å². The Morgan fingerprint density at radius 2 is 2.15 bits per heavy atom. The molecule has 4 heteroatoms. The minimum atomic E-state index is 0.331. The van der Waals surface area contributed by atoms with Crippen molar-refractivity contribution in [3.8, 4) is 5.75 Å². The van der Waals surface area contributed by atoms with Crippen LogP contribution in [0.4, 0.5) is 0 Å². The van der Waals surface area contributed by atoms with Gasteiger partial charge in [0.2, 0.25) is 0 Å². The number of aromatic nitrogens is 1. The van der Waals surface area contributed by atoms with Crippen molar-refractivity contribution in [2.24, 2.45) is 0 Å². The first kappa shape index (κ1) is 14.8. The van der Waals surface area contributed by atoms with Gasteiger partial charge in [0, 0.05) is 24.0 Å². The highest BCUT2D eigenvalue weighted by molar-refractivity contribution is 6.31. The number of rotatable bonds is 5. The Kier molecular flexibility index (Phi) is 4.99. The molecule has 0 bridgehead atoms. The summed E-state index contributed by atoms with van der Waals surface area (Å²) in [5.41, 5.74) is 3.31. The Morgan fingerprint density at radius 3 is 2.80 bits per heavy atom. The molecule has 0 aliphatic heterocycles. The Labute approximate surface area is 124 Å². The molecule has 1 aromatic heterocycles. The molecule has 2 rings (SSSR count). The third kappa shape index (κ3) is 3.50. The van der Waals surface area contributed by atoms with Gasteiger partial charge in [-0.2, -0.15) is 0 Å². The number of aryl methyl sites for hydroxylation is 1. The molecule has 0 saturated carbocycles. The minimum Gasteiger partial charge on any atom is -0.489 e. The Morgan fingerprint density at radius 1 is 1.35 bits per heavy atom. The fraction of sp³-hybridized carbons (Fsp3) is 0.312. The van der Waals surface area contributed by atoms with Crippen LogP contribution in [0.3, 0.4) is 0 Å². The van der Waals surface area contributed by atoms with Gasteiger partial charge < -0.3 is 10.1 Å². The van der Waals surface area contributed by atoms with Gasteiger partial charge in [-0.3, -0.25) is 4.98 Å². The van der Waals surface area contributed by atoms with Gasteiger partial charge >= 0.3 is 0 Å². The predicted molar refractivity (Wildman–Crippen MR) is 82.2 cm³/mol. The summed E-state index contributed by atoms with van der Waals surface area (Å²) in [5.74, 6) is 0.880. The average molecular weight is 291 g/mol. The molecule has 0 saturated heterocycles. The number of nitrogens with one attached hydrogen (secondary N) is 1. The first-order chi connectivity index (χ1) is 9.61. The van der Waals surface area contributed by atoms with Crippen LogP contribution in [0.25, 0.3) is 0 Å². The quantitative estimate of drug-likeness (QED) is 0.907. The summed E-state index contributed by atoms with van der Waals surface area (Å²) in [6, 6.07) is 8.43. The average Bonchev–Trinajstić information content (AvgIpc) is 2.46. The van der Waals surface area contributed by atoms with Crippen LogP contribution >= 0.6 is 11.6 Å². The standard InChI is InChI=1S/C16H19ClN2O/c1-11-8-13(12(2)18-3)4-5-16(11)20-10-14-6-7-19-9-15(14)17/h4-9,12,18H,10H2,1-3H3. The smallest absolute Gasteiger partial charge is 0.122 e. The summed E-state index contributed by atoms with van der Waals surface area (Å²) in [4.78, 5) is 3.96. The number of pyridine rings is 1. The van der Waals surface area contributed by atoms with Crippen LogP contribution in [0.5, 0.6) is 5.75 Å². The zero-order valence-corrected chi connectivity index (χ0v) is 12.7. The van der Waals surface area contributed by atoms with Gasteiger partial charge in [-0.25, -0.2) is 0 Å². The predicted octanol–water partition coefficient (Wildman–Crippen LogP) is 3.90. The summed E-state index contributed by atoms with van der Waals surface area (Å²) >= 11 is 6.07. The summed E-state index contributed by atoms with van der Waals surface area (Å²) in [7, 11) is 1.95. The van der Waals surface area contributed by atoms with Crippen LogP contribution in [0.15, 0.2) is 36.7 Å².